The van der Waals surface area contributed by atoms with Crippen LogP contribution < -0.4 is 10.5 Å². The third-order valence-corrected chi connectivity index (χ3v) is 6.78. The Morgan fingerprint density at radius 2 is 1.77 bits per heavy atom. The SMILES string of the molecule is Cc1ccc(NC(=O)COC(=O)[C@H](C)N2C(=O)C3CCCCC3C2=O)cc1S(N)(=O)=O. The maximum absolute atomic E-state index is 12.6. The topological polar surface area (TPSA) is 153 Å². The molecule has 3 rings (SSSR count). The Balaban J connectivity index is 1.59. The highest BCUT2D eigenvalue weighted by Gasteiger charge is 2.51. The summed E-state index contributed by atoms with van der Waals surface area (Å²) in [7, 11) is -3.96. The lowest BCUT2D eigenvalue weighted by Gasteiger charge is -2.21. The Morgan fingerprint density at radius 1 is 1.19 bits per heavy atom. The second-order valence-electron chi connectivity index (χ2n) is 7.90. The van der Waals surface area contributed by atoms with Crippen LogP contribution >= 0.6 is 0 Å². The summed E-state index contributed by atoms with van der Waals surface area (Å²) in [6.07, 6.45) is 3.01. The highest BCUT2D eigenvalue weighted by Crippen LogP contribution is 2.38. The third-order valence-electron chi connectivity index (χ3n) is 5.73. The van der Waals surface area contributed by atoms with Gasteiger partial charge in [-0.3, -0.25) is 19.3 Å². The van der Waals surface area contributed by atoms with E-state index in [0.717, 1.165) is 17.7 Å². The van der Waals surface area contributed by atoms with Gasteiger partial charge in [-0.1, -0.05) is 18.9 Å². The largest absolute Gasteiger partial charge is 0.454 e. The van der Waals surface area contributed by atoms with Crippen molar-refractivity contribution in [3.05, 3.63) is 23.8 Å². The van der Waals surface area contributed by atoms with Crippen molar-refractivity contribution in [2.75, 3.05) is 11.9 Å². The average Bonchev–Trinajstić information content (AvgIpc) is 2.97. The number of nitrogens with zero attached hydrogens (tertiary/aromatic N) is 1. The molecule has 168 valence electrons. The predicted molar refractivity (Wildman–Crippen MR) is 109 cm³/mol. The van der Waals surface area contributed by atoms with Crippen LogP contribution in [0.15, 0.2) is 23.1 Å². The highest BCUT2D eigenvalue weighted by molar-refractivity contribution is 7.89. The molecule has 1 saturated heterocycles. The molecule has 3 N–H and O–H groups in total. The Labute approximate surface area is 180 Å². The number of carbonyl (C=O) groups is 4. The van der Waals surface area contributed by atoms with Gasteiger partial charge in [0.25, 0.3) is 5.91 Å². The van der Waals surface area contributed by atoms with Crippen LogP contribution in [0.1, 0.15) is 38.2 Å². The number of hydrogen-bond donors (Lipinski definition) is 2. The second-order valence-corrected chi connectivity index (χ2v) is 9.43. The van der Waals surface area contributed by atoms with E-state index >= 15 is 0 Å². The quantitative estimate of drug-likeness (QED) is 0.476. The predicted octanol–water partition coefficient (Wildman–Crippen LogP) is 0.688. The first-order valence-electron chi connectivity index (χ1n) is 9.97. The van der Waals surface area contributed by atoms with E-state index in [1.165, 1.54) is 25.1 Å². The molecule has 2 unspecified atom stereocenters. The lowest BCUT2D eigenvalue weighted by Crippen LogP contribution is -2.45. The van der Waals surface area contributed by atoms with Gasteiger partial charge in [-0.25, -0.2) is 18.4 Å². The molecule has 1 aliphatic heterocycles. The Bertz CT molecular complexity index is 1010. The molecule has 0 radical (unpaired) electrons. The van der Waals surface area contributed by atoms with Crippen LogP contribution in [-0.4, -0.2) is 49.7 Å². The molecule has 2 aliphatic rings. The fourth-order valence-corrected chi connectivity index (χ4v) is 4.92. The molecule has 1 aromatic carbocycles. The maximum Gasteiger partial charge on any atom is 0.329 e. The zero-order valence-electron chi connectivity index (χ0n) is 17.3. The Kier molecular flexibility index (Phi) is 6.46. The zero-order chi connectivity index (χ0) is 22.9. The number of nitrogens with one attached hydrogen (secondary N) is 1. The van der Waals surface area contributed by atoms with E-state index in [0.29, 0.717) is 18.4 Å². The average molecular weight is 452 g/mol. The number of nitrogens with two attached hydrogens (primary N) is 1. The van der Waals surface area contributed by atoms with Crippen molar-refractivity contribution >= 4 is 39.4 Å². The Hall–Kier alpha value is -2.79. The summed E-state index contributed by atoms with van der Waals surface area (Å²) in [4.78, 5) is 50.5. The maximum atomic E-state index is 12.6. The fraction of sp³-hybridized carbons (Fsp3) is 0.500. The molecule has 0 aromatic heterocycles. The highest BCUT2D eigenvalue weighted by atomic mass is 32.2. The van der Waals surface area contributed by atoms with Gasteiger partial charge in [0.1, 0.15) is 6.04 Å². The minimum Gasteiger partial charge on any atom is -0.454 e. The Morgan fingerprint density at radius 3 is 2.32 bits per heavy atom. The van der Waals surface area contributed by atoms with E-state index in [4.69, 9.17) is 9.88 Å². The van der Waals surface area contributed by atoms with E-state index in [1.807, 2.05) is 0 Å². The molecule has 1 aliphatic carbocycles. The van der Waals surface area contributed by atoms with Gasteiger partial charge in [0, 0.05) is 5.69 Å². The van der Waals surface area contributed by atoms with Crippen LogP contribution in [0.5, 0.6) is 0 Å². The number of ether oxygens (including phenoxy) is 1. The number of esters is 1. The van der Waals surface area contributed by atoms with Gasteiger partial charge < -0.3 is 10.1 Å². The molecule has 31 heavy (non-hydrogen) atoms. The first-order valence-corrected chi connectivity index (χ1v) is 11.5. The van der Waals surface area contributed by atoms with Gasteiger partial charge in [-0.05, 0) is 44.4 Å². The number of anilines is 1. The van der Waals surface area contributed by atoms with Crippen LogP contribution in [0.25, 0.3) is 0 Å². The number of hydrogen-bond acceptors (Lipinski definition) is 7. The van der Waals surface area contributed by atoms with E-state index in [2.05, 4.69) is 5.32 Å². The van der Waals surface area contributed by atoms with Gasteiger partial charge >= 0.3 is 5.97 Å². The standard InChI is InChI=1S/C20H25N3O7S/c1-11-7-8-13(9-16(11)31(21,28)29)22-17(24)10-30-20(27)12(2)23-18(25)14-5-3-4-6-15(14)19(23)26/h7-9,12,14-15H,3-6,10H2,1-2H3,(H,22,24)(H2,21,28,29)/t12-,14?,15?/m0/s1. The number of amides is 3. The van der Waals surface area contributed by atoms with Gasteiger partial charge in [0.2, 0.25) is 21.8 Å². The first-order chi connectivity index (χ1) is 14.5. The molecule has 3 amide bonds. The van der Waals surface area contributed by atoms with Crippen LogP contribution in [0.2, 0.25) is 0 Å². The van der Waals surface area contributed by atoms with Crippen molar-refractivity contribution in [1.29, 1.82) is 0 Å². The number of rotatable bonds is 6. The van der Waals surface area contributed by atoms with Crippen LogP contribution in [0.4, 0.5) is 5.69 Å². The number of imide groups is 1. The number of benzene rings is 1. The fourth-order valence-electron chi connectivity index (χ4n) is 4.11. The lowest BCUT2D eigenvalue weighted by atomic mass is 9.81. The lowest BCUT2D eigenvalue weighted by molar-refractivity contribution is -0.159. The van der Waals surface area contributed by atoms with Crippen molar-refractivity contribution in [3.63, 3.8) is 0 Å². The van der Waals surface area contributed by atoms with E-state index in [1.54, 1.807) is 6.92 Å². The number of primary sulfonamides is 1. The smallest absolute Gasteiger partial charge is 0.329 e. The van der Waals surface area contributed by atoms with Crippen LogP contribution in [0, 0.1) is 18.8 Å². The number of sulfonamides is 1. The van der Waals surface area contributed by atoms with Gasteiger partial charge in [-0.2, -0.15) is 0 Å². The molecule has 1 saturated carbocycles. The molecule has 11 heteroatoms. The summed E-state index contributed by atoms with van der Waals surface area (Å²) in [6, 6.07) is 3.03. The summed E-state index contributed by atoms with van der Waals surface area (Å²) < 4.78 is 28.2. The summed E-state index contributed by atoms with van der Waals surface area (Å²) >= 11 is 0. The molecule has 0 bridgehead atoms. The molecule has 1 aromatic rings. The van der Waals surface area contributed by atoms with Crippen molar-refractivity contribution in [2.45, 2.75) is 50.5 Å². The van der Waals surface area contributed by atoms with Crippen molar-refractivity contribution in [2.24, 2.45) is 17.0 Å². The summed E-state index contributed by atoms with van der Waals surface area (Å²) in [5.41, 5.74) is 0.582. The minimum absolute atomic E-state index is 0.136. The van der Waals surface area contributed by atoms with Crippen molar-refractivity contribution in [3.8, 4) is 0 Å². The van der Waals surface area contributed by atoms with Crippen molar-refractivity contribution in [1.82, 2.24) is 4.90 Å². The second kappa shape index (κ2) is 8.75. The number of carbonyl (C=O) groups excluding carboxylic acids is 4. The zero-order valence-corrected chi connectivity index (χ0v) is 18.1. The molecule has 0 spiro atoms. The first kappa shape index (κ1) is 22.9. The molecule has 2 fully saturated rings. The van der Waals surface area contributed by atoms with Gasteiger partial charge in [0.05, 0.1) is 16.7 Å². The molecule has 10 nitrogen and oxygen atoms in total. The third kappa shape index (κ3) is 4.77. The molecular formula is C20H25N3O7S. The number of aryl methyl sites for hydroxylation is 1. The summed E-state index contributed by atoms with van der Waals surface area (Å²) in [5.74, 6) is -3.07. The molecule has 3 atom stereocenters. The molecule has 1 heterocycles. The van der Waals surface area contributed by atoms with Gasteiger partial charge in [-0.15, -0.1) is 0 Å². The molecular weight excluding hydrogens is 426 g/mol. The van der Waals surface area contributed by atoms with E-state index in [-0.39, 0.29) is 34.2 Å². The van der Waals surface area contributed by atoms with E-state index < -0.39 is 34.5 Å². The van der Waals surface area contributed by atoms with Crippen molar-refractivity contribution < 1.29 is 32.3 Å². The summed E-state index contributed by atoms with van der Waals surface area (Å²) in [5, 5.41) is 7.57. The number of likely N-dealkylation sites (tertiary alicyclic amines) is 1. The monoisotopic (exact) mass is 451 g/mol. The van der Waals surface area contributed by atoms with Crippen LogP contribution in [-0.2, 0) is 33.9 Å². The summed E-state index contributed by atoms with van der Waals surface area (Å²) in [6.45, 7) is 2.29. The number of fused-ring (bicyclic) bond motifs is 1. The van der Waals surface area contributed by atoms with E-state index in [9.17, 15) is 27.6 Å². The normalized spacial score (nSPS) is 22.1. The minimum atomic E-state index is -3.96. The van der Waals surface area contributed by atoms with Crippen LogP contribution in [0.3, 0.4) is 0 Å². The van der Waals surface area contributed by atoms with Gasteiger partial charge in [0.15, 0.2) is 6.61 Å².